The fourth-order valence-electron chi connectivity index (χ4n) is 2.52. The Labute approximate surface area is 139 Å². The maximum absolute atomic E-state index is 5.62. The zero-order chi connectivity index (χ0) is 17.4. The Morgan fingerprint density at radius 2 is 1.32 bits per heavy atom. The highest BCUT2D eigenvalue weighted by atomic mass is 14.6. The SMILES string of the molecule is CC(CCN)CC(C)(C)CN.CC(CN)CCCCCCN. The summed E-state index contributed by atoms with van der Waals surface area (Å²) >= 11 is 0. The van der Waals surface area contributed by atoms with Crippen molar-refractivity contribution in [1.82, 2.24) is 0 Å². The summed E-state index contributed by atoms with van der Waals surface area (Å²) in [6.45, 7) is 12.1. The van der Waals surface area contributed by atoms with Crippen molar-refractivity contribution in [2.75, 3.05) is 26.2 Å². The molecule has 0 rings (SSSR count). The Bertz CT molecular complexity index is 219. The minimum Gasteiger partial charge on any atom is -0.330 e. The number of hydrogen-bond acceptors (Lipinski definition) is 4. The average molecular weight is 317 g/mol. The quantitative estimate of drug-likeness (QED) is 0.415. The largest absolute Gasteiger partial charge is 0.330 e. The number of hydrogen-bond donors (Lipinski definition) is 4. The van der Waals surface area contributed by atoms with Gasteiger partial charge in [0.15, 0.2) is 0 Å². The van der Waals surface area contributed by atoms with Crippen molar-refractivity contribution in [3.8, 4) is 0 Å². The Balaban J connectivity index is 0. The van der Waals surface area contributed by atoms with Gasteiger partial charge in [-0.25, -0.2) is 0 Å². The lowest BCUT2D eigenvalue weighted by atomic mass is 9.82. The molecule has 0 aliphatic heterocycles. The second-order valence-corrected chi connectivity index (χ2v) is 7.59. The van der Waals surface area contributed by atoms with Gasteiger partial charge in [0, 0.05) is 0 Å². The fourth-order valence-corrected chi connectivity index (χ4v) is 2.52. The van der Waals surface area contributed by atoms with Crippen molar-refractivity contribution < 1.29 is 0 Å². The van der Waals surface area contributed by atoms with Gasteiger partial charge in [-0.2, -0.15) is 0 Å². The zero-order valence-corrected chi connectivity index (χ0v) is 15.7. The summed E-state index contributed by atoms with van der Waals surface area (Å²) in [5.74, 6) is 1.41. The lowest BCUT2D eigenvalue weighted by molar-refractivity contribution is 0.279. The predicted octanol–water partition coefficient (Wildman–Crippen LogP) is 2.84. The Morgan fingerprint density at radius 3 is 1.77 bits per heavy atom. The smallest absolute Gasteiger partial charge is 0.00257 e. The van der Waals surface area contributed by atoms with Gasteiger partial charge < -0.3 is 22.9 Å². The highest BCUT2D eigenvalue weighted by Crippen LogP contribution is 2.24. The topological polar surface area (TPSA) is 104 Å². The molecule has 2 atom stereocenters. The fraction of sp³-hybridized carbons (Fsp3) is 1.00. The first-order valence-corrected chi connectivity index (χ1v) is 9.13. The Hall–Kier alpha value is -0.160. The van der Waals surface area contributed by atoms with E-state index >= 15 is 0 Å². The normalized spacial score (nSPS) is 14.2. The van der Waals surface area contributed by atoms with E-state index in [0.717, 1.165) is 32.6 Å². The van der Waals surface area contributed by atoms with Crippen LogP contribution in [0.5, 0.6) is 0 Å². The van der Waals surface area contributed by atoms with Crippen LogP contribution in [-0.2, 0) is 0 Å². The summed E-state index contributed by atoms with van der Waals surface area (Å²) in [5, 5.41) is 0. The van der Waals surface area contributed by atoms with Gasteiger partial charge in [0.2, 0.25) is 0 Å². The van der Waals surface area contributed by atoms with E-state index in [9.17, 15) is 0 Å². The maximum atomic E-state index is 5.62. The lowest BCUT2D eigenvalue weighted by Gasteiger charge is -2.25. The third-order valence-electron chi connectivity index (χ3n) is 4.17. The maximum Gasteiger partial charge on any atom is -0.00257 e. The summed E-state index contributed by atoms with van der Waals surface area (Å²) < 4.78 is 0. The number of nitrogens with two attached hydrogens (primary N) is 4. The molecule has 0 spiro atoms. The molecule has 0 fully saturated rings. The second kappa shape index (κ2) is 15.7. The van der Waals surface area contributed by atoms with Crippen molar-refractivity contribution in [2.45, 2.75) is 72.6 Å². The van der Waals surface area contributed by atoms with Crippen LogP contribution in [0.2, 0.25) is 0 Å². The molecule has 22 heavy (non-hydrogen) atoms. The van der Waals surface area contributed by atoms with Crippen LogP contribution in [0.25, 0.3) is 0 Å². The van der Waals surface area contributed by atoms with Gasteiger partial charge >= 0.3 is 0 Å². The van der Waals surface area contributed by atoms with Gasteiger partial charge in [-0.3, -0.25) is 0 Å². The van der Waals surface area contributed by atoms with Crippen LogP contribution in [0.3, 0.4) is 0 Å². The molecule has 0 bridgehead atoms. The molecule has 0 radical (unpaired) electrons. The molecular formula is C18H44N4. The molecule has 4 heteroatoms. The molecule has 0 aromatic rings. The molecule has 2 unspecified atom stereocenters. The first-order chi connectivity index (χ1) is 10.3. The van der Waals surface area contributed by atoms with Crippen LogP contribution in [0, 0.1) is 17.3 Å². The molecule has 0 saturated heterocycles. The number of rotatable bonds is 12. The van der Waals surface area contributed by atoms with Gasteiger partial charge in [-0.15, -0.1) is 0 Å². The molecule has 0 amide bonds. The van der Waals surface area contributed by atoms with Gasteiger partial charge in [-0.1, -0.05) is 47.0 Å². The third-order valence-corrected chi connectivity index (χ3v) is 4.17. The minimum atomic E-state index is 0.286. The van der Waals surface area contributed by atoms with E-state index in [-0.39, 0.29) is 5.41 Å². The molecule has 0 aliphatic carbocycles. The molecule has 0 heterocycles. The van der Waals surface area contributed by atoms with Crippen molar-refractivity contribution in [3.63, 3.8) is 0 Å². The molecule has 4 nitrogen and oxygen atoms in total. The van der Waals surface area contributed by atoms with Crippen molar-refractivity contribution in [3.05, 3.63) is 0 Å². The highest BCUT2D eigenvalue weighted by Gasteiger charge is 2.18. The molecule has 8 N–H and O–H groups in total. The van der Waals surface area contributed by atoms with Crippen LogP contribution in [-0.4, -0.2) is 26.2 Å². The predicted molar refractivity (Wildman–Crippen MR) is 101 cm³/mol. The first kappa shape index (κ1) is 24.1. The van der Waals surface area contributed by atoms with Crippen molar-refractivity contribution >= 4 is 0 Å². The monoisotopic (exact) mass is 316 g/mol. The Morgan fingerprint density at radius 1 is 0.727 bits per heavy atom. The van der Waals surface area contributed by atoms with Gasteiger partial charge in [0.05, 0.1) is 0 Å². The van der Waals surface area contributed by atoms with Crippen LogP contribution >= 0.6 is 0 Å². The van der Waals surface area contributed by atoms with E-state index < -0.39 is 0 Å². The summed E-state index contributed by atoms with van der Waals surface area (Å²) in [4.78, 5) is 0. The zero-order valence-electron chi connectivity index (χ0n) is 15.7. The van der Waals surface area contributed by atoms with Gasteiger partial charge in [0.1, 0.15) is 0 Å². The molecule has 0 aliphatic rings. The standard InChI is InChI=1S/2C9H22N2/c1-8(4-5-10)6-9(2,3)7-11;1-9(8-11)6-4-2-3-5-7-10/h8H,4-7,10-11H2,1-3H3;9H,2-8,10-11H2,1H3. The van der Waals surface area contributed by atoms with Crippen LogP contribution in [0.4, 0.5) is 0 Å². The summed E-state index contributed by atoms with van der Waals surface area (Å²) in [6.07, 6.45) is 8.68. The van der Waals surface area contributed by atoms with E-state index in [2.05, 4.69) is 27.7 Å². The van der Waals surface area contributed by atoms with E-state index in [0.29, 0.717) is 11.8 Å². The molecule has 0 aromatic heterocycles. The van der Waals surface area contributed by atoms with Gasteiger partial charge in [0.25, 0.3) is 0 Å². The van der Waals surface area contributed by atoms with Crippen molar-refractivity contribution in [1.29, 1.82) is 0 Å². The number of unbranched alkanes of at least 4 members (excludes halogenated alkanes) is 3. The highest BCUT2D eigenvalue weighted by molar-refractivity contribution is 4.72. The minimum absolute atomic E-state index is 0.286. The average Bonchev–Trinajstić information content (AvgIpc) is 2.47. The molecule has 136 valence electrons. The lowest BCUT2D eigenvalue weighted by Crippen LogP contribution is -2.26. The van der Waals surface area contributed by atoms with Crippen molar-refractivity contribution in [2.24, 2.45) is 40.2 Å². The van der Waals surface area contributed by atoms with Crippen LogP contribution in [0.15, 0.2) is 0 Å². The van der Waals surface area contributed by atoms with Crippen LogP contribution in [0.1, 0.15) is 72.6 Å². The summed E-state index contributed by atoms with van der Waals surface area (Å²) in [6, 6.07) is 0. The van der Waals surface area contributed by atoms with E-state index in [1.54, 1.807) is 0 Å². The van der Waals surface area contributed by atoms with E-state index in [1.165, 1.54) is 38.5 Å². The first-order valence-electron chi connectivity index (χ1n) is 9.13. The molecule has 0 saturated carbocycles. The van der Waals surface area contributed by atoms with Crippen LogP contribution < -0.4 is 22.9 Å². The second-order valence-electron chi connectivity index (χ2n) is 7.59. The van der Waals surface area contributed by atoms with Gasteiger partial charge in [-0.05, 0) is 69.1 Å². The Kier molecular flexibility index (Phi) is 17.2. The van der Waals surface area contributed by atoms with E-state index in [4.69, 9.17) is 22.9 Å². The summed E-state index contributed by atoms with van der Waals surface area (Å²) in [7, 11) is 0. The van der Waals surface area contributed by atoms with E-state index in [1.807, 2.05) is 0 Å². The summed E-state index contributed by atoms with van der Waals surface area (Å²) in [5.41, 5.74) is 22.2. The molecular weight excluding hydrogens is 272 g/mol. The third kappa shape index (κ3) is 17.9. The molecule has 0 aromatic carbocycles.